The van der Waals surface area contributed by atoms with E-state index in [0.29, 0.717) is 5.69 Å². The molecule has 28 heavy (non-hydrogen) atoms. The normalized spacial score (nSPS) is 15.7. The first kappa shape index (κ1) is 21.7. The van der Waals surface area contributed by atoms with E-state index in [9.17, 15) is 14.7 Å². The molecule has 7 heteroatoms. The molecule has 1 heterocycles. The van der Waals surface area contributed by atoms with Gasteiger partial charge in [0.2, 0.25) is 5.91 Å². The van der Waals surface area contributed by atoms with Crippen molar-refractivity contribution in [2.45, 2.75) is 58.0 Å². The molecule has 7 nitrogen and oxygen atoms in total. The minimum atomic E-state index is -1.17. The molecule has 1 aliphatic rings. The number of nitriles is 1. The Bertz CT molecular complexity index is 764. The number of hydrogen-bond acceptors (Lipinski definition) is 4. The maximum absolute atomic E-state index is 13.0. The molecule has 0 unspecified atom stereocenters. The summed E-state index contributed by atoms with van der Waals surface area (Å²) >= 11 is 0. The van der Waals surface area contributed by atoms with Crippen molar-refractivity contribution in [1.29, 1.82) is 5.26 Å². The number of hydrogen-bond donors (Lipinski definition) is 2. The SMILES string of the molecule is CN1CCc2ccc(NC(=O)[C@@H](CCC#N)N(C(=O)O)C(C)(C)C)cc2CC1. The number of fused-ring (bicyclic) bond motifs is 1. The Hall–Kier alpha value is -2.59. The van der Waals surface area contributed by atoms with Crippen LogP contribution in [0, 0.1) is 11.3 Å². The average molecular weight is 386 g/mol. The summed E-state index contributed by atoms with van der Waals surface area (Å²) in [5, 5.41) is 21.5. The molecule has 0 fully saturated rings. The van der Waals surface area contributed by atoms with Crippen molar-refractivity contribution in [3.05, 3.63) is 29.3 Å². The van der Waals surface area contributed by atoms with Crippen LogP contribution in [-0.2, 0) is 17.6 Å². The van der Waals surface area contributed by atoms with Gasteiger partial charge in [-0.2, -0.15) is 5.26 Å². The standard InChI is InChI=1S/C21H30N4O3/c1-21(2,3)25(20(27)28)18(6-5-11-22)19(26)23-17-8-7-15-9-12-24(4)13-10-16(15)14-17/h7-8,14,18H,5-6,9-10,12-13H2,1-4H3,(H,23,26)(H,27,28)/t18-/m1/s1. The summed E-state index contributed by atoms with van der Waals surface area (Å²) < 4.78 is 0. The van der Waals surface area contributed by atoms with Gasteiger partial charge >= 0.3 is 6.09 Å². The van der Waals surface area contributed by atoms with Crippen molar-refractivity contribution >= 4 is 17.7 Å². The van der Waals surface area contributed by atoms with Crippen LogP contribution in [-0.4, -0.2) is 58.6 Å². The van der Waals surface area contributed by atoms with Crippen molar-refractivity contribution in [3.8, 4) is 6.07 Å². The van der Waals surface area contributed by atoms with Crippen LogP contribution >= 0.6 is 0 Å². The molecule has 0 bridgehead atoms. The molecule has 1 aliphatic heterocycles. The topological polar surface area (TPSA) is 96.7 Å². The van der Waals surface area contributed by atoms with E-state index in [-0.39, 0.29) is 12.8 Å². The largest absolute Gasteiger partial charge is 0.465 e. The number of amides is 2. The summed E-state index contributed by atoms with van der Waals surface area (Å²) in [7, 11) is 2.10. The fourth-order valence-corrected chi connectivity index (χ4v) is 3.61. The van der Waals surface area contributed by atoms with Gasteiger partial charge in [0.1, 0.15) is 6.04 Å². The third kappa shape index (κ3) is 5.46. The number of rotatable bonds is 5. The lowest BCUT2D eigenvalue weighted by molar-refractivity contribution is -0.122. The second kappa shape index (κ2) is 9.07. The Labute approximate surface area is 166 Å². The highest BCUT2D eigenvalue weighted by atomic mass is 16.4. The summed E-state index contributed by atoms with van der Waals surface area (Å²) in [5.74, 6) is -0.404. The quantitative estimate of drug-likeness (QED) is 0.810. The number of anilines is 1. The molecule has 1 atom stereocenters. The Morgan fingerprint density at radius 1 is 1.29 bits per heavy atom. The van der Waals surface area contributed by atoms with Crippen LogP contribution in [0.5, 0.6) is 0 Å². The molecule has 2 rings (SSSR count). The number of nitrogens with one attached hydrogen (secondary N) is 1. The van der Waals surface area contributed by atoms with Gasteiger partial charge < -0.3 is 15.3 Å². The van der Waals surface area contributed by atoms with Gasteiger partial charge in [0.05, 0.1) is 6.07 Å². The Morgan fingerprint density at radius 3 is 2.50 bits per heavy atom. The number of benzene rings is 1. The third-order valence-electron chi connectivity index (χ3n) is 5.07. The monoisotopic (exact) mass is 386 g/mol. The van der Waals surface area contributed by atoms with E-state index in [1.165, 1.54) is 11.1 Å². The highest BCUT2D eigenvalue weighted by Crippen LogP contribution is 2.24. The maximum Gasteiger partial charge on any atom is 0.408 e. The van der Waals surface area contributed by atoms with Crippen LogP contribution < -0.4 is 5.32 Å². The lowest BCUT2D eigenvalue weighted by atomic mass is 9.99. The van der Waals surface area contributed by atoms with Crippen LogP contribution in [0.25, 0.3) is 0 Å². The van der Waals surface area contributed by atoms with E-state index in [4.69, 9.17) is 5.26 Å². The molecule has 0 aliphatic carbocycles. The maximum atomic E-state index is 13.0. The average Bonchev–Trinajstić information content (AvgIpc) is 2.78. The first-order valence-corrected chi connectivity index (χ1v) is 9.64. The van der Waals surface area contributed by atoms with Gasteiger partial charge in [-0.1, -0.05) is 6.07 Å². The first-order chi connectivity index (χ1) is 13.1. The summed E-state index contributed by atoms with van der Waals surface area (Å²) in [6, 6.07) is 6.96. The molecular formula is C21H30N4O3. The predicted molar refractivity (Wildman–Crippen MR) is 108 cm³/mol. The summed E-state index contributed by atoms with van der Waals surface area (Å²) in [6.45, 7) is 7.20. The van der Waals surface area contributed by atoms with Crippen LogP contribution in [0.15, 0.2) is 18.2 Å². The predicted octanol–water partition coefficient (Wildman–Crippen LogP) is 3.11. The van der Waals surface area contributed by atoms with E-state index < -0.39 is 23.6 Å². The van der Waals surface area contributed by atoms with E-state index in [1.807, 2.05) is 24.3 Å². The third-order valence-corrected chi connectivity index (χ3v) is 5.07. The minimum Gasteiger partial charge on any atom is -0.465 e. The number of carboxylic acid groups (broad SMARTS) is 1. The summed E-state index contributed by atoms with van der Waals surface area (Å²) in [6.07, 6.45) is 0.976. The highest BCUT2D eigenvalue weighted by molar-refractivity contribution is 5.96. The zero-order valence-electron chi connectivity index (χ0n) is 17.2. The number of likely N-dealkylation sites (N-methyl/N-ethyl adjacent to an activating group) is 1. The lowest BCUT2D eigenvalue weighted by Crippen LogP contribution is -2.55. The number of nitrogens with zero attached hydrogens (tertiary/aromatic N) is 3. The van der Waals surface area contributed by atoms with Gasteiger partial charge in [-0.15, -0.1) is 0 Å². The highest BCUT2D eigenvalue weighted by Gasteiger charge is 2.37. The zero-order valence-corrected chi connectivity index (χ0v) is 17.2. The van der Waals surface area contributed by atoms with Crippen molar-refractivity contribution in [1.82, 2.24) is 9.80 Å². The van der Waals surface area contributed by atoms with Gasteiger partial charge in [-0.05, 0) is 70.3 Å². The molecule has 152 valence electrons. The molecule has 1 aromatic rings. The molecule has 0 aromatic heterocycles. The molecule has 2 amide bonds. The van der Waals surface area contributed by atoms with Crippen LogP contribution in [0.1, 0.15) is 44.7 Å². The fourth-order valence-electron chi connectivity index (χ4n) is 3.61. The van der Waals surface area contributed by atoms with Gasteiger partial charge in [0.15, 0.2) is 0 Å². The number of carbonyl (C=O) groups is 2. The van der Waals surface area contributed by atoms with Gasteiger partial charge in [0, 0.05) is 30.7 Å². The van der Waals surface area contributed by atoms with Crippen molar-refractivity contribution in [2.24, 2.45) is 0 Å². The van der Waals surface area contributed by atoms with E-state index in [2.05, 4.69) is 17.3 Å². The van der Waals surface area contributed by atoms with E-state index in [0.717, 1.165) is 30.8 Å². The summed E-state index contributed by atoms with van der Waals surface area (Å²) in [5.41, 5.74) is 2.39. The number of carbonyl (C=O) groups excluding carboxylic acids is 1. The van der Waals surface area contributed by atoms with Crippen molar-refractivity contribution < 1.29 is 14.7 Å². The second-order valence-electron chi connectivity index (χ2n) is 8.31. The molecule has 1 aromatic carbocycles. The van der Waals surface area contributed by atoms with E-state index >= 15 is 0 Å². The van der Waals surface area contributed by atoms with Gasteiger partial charge in [0.25, 0.3) is 0 Å². The first-order valence-electron chi connectivity index (χ1n) is 9.64. The Balaban J connectivity index is 2.24. The molecule has 2 N–H and O–H groups in total. The molecule has 0 spiro atoms. The lowest BCUT2D eigenvalue weighted by Gasteiger charge is -2.38. The Kier molecular flexibility index (Phi) is 7.03. The molecule has 0 saturated carbocycles. The van der Waals surface area contributed by atoms with Crippen molar-refractivity contribution in [3.63, 3.8) is 0 Å². The van der Waals surface area contributed by atoms with Crippen LogP contribution in [0.2, 0.25) is 0 Å². The summed E-state index contributed by atoms with van der Waals surface area (Å²) in [4.78, 5) is 28.2. The smallest absolute Gasteiger partial charge is 0.408 e. The van der Waals surface area contributed by atoms with Gasteiger partial charge in [-0.25, -0.2) is 4.79 Å². The minimum absolute atomic E-state index is 0.106. The molecular weight excluding hydrogens is 356 g/mol. The van der Waals surface area contributed by atoms with E-state index in [1.54, 1.807) is 20.8 Å². The van der Waals surface area contributed by atoms with Crippen LogP contribution in [0.3, 0.4) is 0 Å². The zero-order chi connectivity index (χ0) is 20.9. The molecule has 0 radical (unpaired) electrons. The van der Waals surface area contributed by atoms with Gasteiger partial charge in [-0.3, -0.25) is 9.69 Å². The molecule has 0 saturated heterocycles. The Morgan fingerprint density at radius 2 is 1.93 bits per heavy atom. The second-order valence-corrected chi connectivity index (χ2v) is 8.31. The van der Waals surface area contributed by atoms with Crippen molar-refractivity contribution in [2.75, 3.05) is 25.5 Å². The fraction of sp³-hybridized carbons (Fsp3) is 0.571. The van der Waals surface area contributed by atoms with Crippen LogP contribution in [0.4, 0.5) is 10.5 Å².